The molecule has 1 aliphatic rings. The third-order valence-electron chi connectivity index (χ3n) is 4.42. The Labute approximate surface area is 131 Å². The fourth-order valence-electron chi connectivity index (χ4n) is 3.15. The number of anilines is 1. The quantitative estimate of drug-likeness (QED) is 0.892. The molecule has 0 saturated carbocycles. The van der Waals surface area contributed by atoms with E-state index in [0.717, 1.165) is 19.0 Å². The lowest BCUT2D eigenvalue weighted by atomic mass is 9.91. The molecule has 0 amide bonds. The molecule has 0 bridgehead atoms. The van der Waals surface area contributed by atoms with Crippen LogP contribution >= 0.6 is 11.3 Å². The molecule has 1 saturated heterocycles. The average Bonchev–Trinajstić information content (AvgIpc) is 3.08. The topological polar surface area (TPSA) is 15.3 Å². The zero-order valence-electron chi connectivity index (χ0n) is 12.7. The maximum atomic E-state index is 3.76. The molecule has 2 aromatic rings. The van der Waals surface area contributed by atoms with E-state index in [0.29, 0.717) is 6.04 Å². The van der Waals surface area contributed by atoms with Crippen molar-refractivity contribution in [1.29, 1.82) is 0 Å². The molecular weight excluding hydrogens is 276 g/mol. The van der Waals surface area contributed by atoms with Crippen LogP contribution in [0.2, 0.25) is 0 Å². The Morgan fingerprint density at radius 1 is 1.19 bits per heavy atom. The number of nitrogens with one attached hydrogen (secondary N) is 1. The maximum absolute atomic E-state index is 3.76. The fraction of sp³-hybridized carbons (Fsp3) is 0.444. The first kappa shape index (κ1) is 14.6. The Bertz CT molecular complexity index is 523. The Hall–Kier alpha value is -1.32. The monoisotopic (exact) mass is 300 g/mol. The summed E-state index contributed by atoms with van der Waals surface area (Å²) in [5.41, 5.74) is 2.77. The molecule has 2 unspecified atom stereocenters. The van der Waals surface area contributed by atoms with Gasteiger partial charge in [-0.1, -0.05) is 43.7 Å². The van der Waals surface area contributed by atoms with Crippen molar-refractivity contribution in [3.8, 4) is 0 Å². The highest BCUT2D eigenvalue weighted by atomic mass is 32.1. The largest absolute Gasteiger partial charge is 0.369 e. The van der Waals surface area contributed by atoms with E-state index in [1.807, 2.05) is 0 Å². The number of thiophene rings is 1. The molecule has 2 atom stereocenters. The number of nitrogens with zero attached hydrogens (tertiary/aromatic N) is 1. The highest BCUT2D eigenvalue weighted by molar-refractivity contribution is 7.08. The van der Waals surface area contributed by atoms with Gasteiger partial charge in [-0.15, -0.1) is 0 Å². The van der Waals surface area contributed by atoms with Crippen LogP contribution in [-0.4, -0.2) is 19.1 Å². The molecule has 2 nitrogen and oxygen atoms in total. The number of benzene rings is 1. The molecule has 3 heteroatoms. The second kappa shape index (κ2) is 7.10. The van der Waals surface area contributed by atoms with Crippen molar-refractivity contribution in [3.63, 3.8) is 0 Å². The number of hydrogen-bond donors (Lipinski definition) is 1. The fourth-order valence-corrected chi connectivity index (χ4v) is 3.82. The van der Waals surface area contributed by atoms with Crippen LogP contribution in [-0.2, 0) is 6.54 Å². The molecule has 21 heavy (non-hydrogen) atoms. The lowest BCUT2D eigenvalue weighted by molar-refractivity contribution is 0.325. The van der Waals surface area contributed by atoms with Crippen molar-refractivity contribution in [1.82, 2.24) is 5.32 Å². The third-order valence-corrected chi connectivity index (χ3v) is 5.09. The van der Waals surface area contributed by atoms with E-state index >= 15 is 0 Å². The van der Waals surface area contributed by atoms with E-state index in [9.17, 15) is 0 Å². The van der Waals surface area contributed by atoms with Gasteiger partial charge < -0.3 is 10.2 Å². The van der Waals surface area contributed by atoms with Gasteiger partial charge in [-0.3, -0.25) is 0 Å². The Morgan fingerprint density at radius 2 is 2.05 bits per heavy atom. The van der Waals surface area contributed by atoms with Crippen molar-refractivity contribution in [2.75, 3.05) is 18.0 Å². The van der Waals surface area contributed by atoms with Crippen LogP contribution in [0.4, 0.5) is 5.69 Å². The summed E-state index contributed by atoms with van der Waals surface area (Å²) in [4.78, 5) is 2.55. The lowest BCUT2D eigenvalue weighted by Crippen LogP contribution is -2.49. The SMILES string of the molecule is CCC1CC(NCc2ccccc2)CN(c2ccsc2)C1. The first-order valence-electron chi connectivity index (χ1n) is 7.89. The third kappa shape index (κ3) is 3.86. The van der Waals surface area contributed by atoms with Gasteiger partial charge in [-0.25, -0.2) is 0 Å². The van der Waals surface area contributed by atoms with Gasteiger partial charge >= 0.3 is 0 Å². The second-order valence-electron chi connectivity index (χ2n) is 5.96. The zero-order valence-corrected chi connectivity index (χ0v) is 13.5. The molecule has 1 aromatic carbocycles. The smallest absolute Gasteiger partial charge is 0.0475 e. The van der Waals surface area contributed by atoms with Crippen LogP contribution < -0.4 is 10.2 Å². The summed E-state index contributed by atoms with van der Waals surface area (Å²) in [5, 5.41) is 8.20. The molecule has 3 rings (SSSR count). The van der Waals surface area contributed by atoms with Gasteiger partial charge in [-0.05, 0) is 29.3 Å². The van der Waals surface area contributed by atoms with E-state index in [-0.39, 0.29) is 0 Å². The molecule has 0 radical (unpaired) electrons. The first-order chi connectivity index (χ1) is 10.3. The summed E-state index contributed by atoms with van der Waals surface area (Å²) in [7, 11) is 0. The molecule has 1 N–H and O–H groups in total. The molecular formula is C18H24N2S. The van der Waals surface area contributed by atoms with Crippen LogP contribution in [0.1, 0.15) is 25.3 Å². The molecule has 1 aliphatic heterocycles. The predicted molar refractivity (Wildman–Crippen MR) is 92.0 cm³/mol. The standard InChI is InChI=1S/C18H24N2S/c1-2-15-10-17(19-11-16-6-4-3-5-7-16)13-20(12-15)18-8-9-21-14-18/h3-9,14-15,17,19H,2,10-13H2,1H3. The zero-order chi connectivity index (χ0) is 14.5. The van der Waals surface area contributed by atoms with Crippen LogP contribution in [0.5, 0.6) is 0 Å². The van der Waals surface area contributed by atoms with Gasteiger partial charge in [0.25, 0.3) is 0 Å². The number of piperidine rings is 1. The predicted octanol–water partition coefficient (Wildman–Crippen LogP) is 4.14. The van der Waals surface area contributed by atoms with Gasteiger partial charge in [0, 0.05) is 36.7 Å². The van der Waals surface area contributed by atoms with Crippen LogP contribution in [0.15, 0.2) is 47.2 Å². The number of rotatable bonds is 5. The summed E-state index contributed by atoms with van der Waals surface area (Å²) in [6.45, 7) is 5.62. The molecule has 0 spiro atoms. The highest BCUT2D eigenvalue weighted by Crippen LogP contribution is 2.26. The van der Waals surface area contributed by atoms with Gasteiger partial charge in [0.05, 0.1) is 0 Å². The molecule has 1 fully saturated rings. The first-order valence-corrected chi connectivity index (χ1v) is 8.84. The molecule has 112 valence electrons. The summed E-state index contributed by atoms with van der Waals surface area (Å²) in [6.07, 6.45) is 2.56. The van der Waals surface area contributed by atoms with Crippen LogP contribution in [0.25, 0.3) is 0 Å². The highest BCUT2D eigenvalue weighted by Gasteiger charge is 2.26. The Morgan fingerprint density at radius 3 is 2.76 bits per heavy atom. The van der Waals surface area contributed by atoms with Gasteiger partial charge in [0.2, 0.25) is 0 Å². The van der Waals surface area contributed by atoms with Crippen molar-refractivity contribution >= 4 is 17.0 Å². The van der Waals surface area contributed by atoms with Gasteiger partial charge in [0.1, 0.15) is 0 Å². The van der Waals surface area contributed by atoms with Crippen LogP contribution in [0.3, 0.4) is 0 Å². The van der Waals surface area contributed by atoms with E-state index < -0.39 is 0 Å². The van der Waals surface area contributed by atoms with E-state index in [1.54, 1.807) is 11.3 Å². The van der Waals surface area contributed by atoms with Crippen molar-refractivity contribution in [2.24, 2.45) is 5.92 Å². The summed E-state index contributed by atoms with van der Waals surface area (Å²) < 4.78 is 0. The minimum absolute atomic E-state index is 0.587. The minimum atomic E-state index is 0.587. The molecule has 1 aromatic heterocycles. The molecule has 2 heterocycles. The second-order valence-corrected chi connectivity index (χ2v) is 6.74. The Balaban J connectivity index is 1.61. The van der Waals surface area contributed by atoms with Crippen molar-refractivity contribution < 1.29 is 0 Å². The lowest BCUT2D eigenvalue weighted by Gasteiger charge is -2.39. The summed E-state index contributed by atoms with van der Waals surface area (Å²) in [5.74, 6) is 0.798. The summed E-state index contributed by atoms with van der Waals surface area (Å²) in [6, 6.07) is 13.5. The van der Waals surface area contributed by atoms with E-state index in [1.165, 1.54) is 30.6 Å². The van der Waals surface area contributed by atoms with Gasteiger partial charge in [0.15, 0.2) is 0 Å². The van der Waals surface area contributed by atoms with E-state index in [2.05, 4.69) is 64.3 Å². The van der Waals surface area contributed by atoms with E-state index in [4.69, 9.17) is 0 Å². The van der Waals surface area contributed by atoms with Gasteiger partial charge in [-0.2, -0.15) is 11.3 Å². The van der Waals surface area contributed by atoms with Crippen LogP contribution in [0, 0.1) is 5.92 Å². The Kier molecular flexibility index (Phi) is 4.94. The number of hydrogen-bond acceptors (Lipinski definition) is 3. The maximum Gasteiger partial charge on any atom is 0.0475 e. The average molecular weight is 300 g/mol. The minimum Gasteiger partial charge on any atom is -0.369 e. The molecule has 0 aliphatic carbocycles. The summed E-state index contributed by atoms with van der Waals surface area (Å²) >= 11 is 1.79. The normalized spacial score (nSPS) is 22.4. The van der Waals surface area contributed by atoms with Crippen molar-refractivity contribution in [3.05, 3.63) is 52.7 Å². The van der Waals surface area contributed by atoms with Crippen molar-refractivity contribution in [2.45, 2.75) is 32.4 Å².